The van der Waals surface area contributed by atoms with Crippen molar-refractivity contribution in [2.75, 3.05) is 0 Å². The first-order chi connectivity index (χ1) is 13.4. The van der Waals surface area contributed by atoms with Crippen molar-refractivity contribution in [2.45, 2.75) is 0 Å². The van der Waals surface area contributed by atoms with Crippen LogP contribution in [0.25, 0.3) is 33.5 Å². The summed E-state index contributed by atoms with van der Waals surface area (Å²) in [5.41, 5.74) is 16.0. The first-order valence-electron chi connectivity index (χ1n) is 8.55. The number of nitrogens with one attached hydrogen (secondary N) is 3. The lowest BCUT2D eigenvalue weighted by atomic mass is 10.0. The zero-order valence-corrected chi connectivity index (χ0v) is 14.8. The number of aromatic hydroxyl groups is 1. The lowest BCUT2D eigenvalue weighted by Gasteiger charge is -2.07. The van der Waals surface area contributed by atoms with Crippen LogP contribution >= 0.6 is 0 Å². The van der Waals surface area contributed by atoms with Gasteiger partial charge in [-0.2, -0.15) is 0 Å². The molecule has 0 aliphatic rings. The Morgan fingerprint density at radius 2 is 1.46 bits per heavy atom. The second-order valence-electron chi connectivity index (χ2n) is 6.45. The number of nitrogens with zero attached hydrogens (tertiary/aromatic N) is 1. The standard InChI is InChI=1S/C21H18N6O/c22-19(23)12-3-1-11(2-4-12)15-7-5-14(10-18(15)28)21-26-16-8-6-13(20(24)25)9-17(16)27-21/h1-10,28H,(H3,22,23)(H3,24,25)(H,26,27). The predicted octanol–water partition coefficient (Wildman–Crippen LogP) is 3.17. The molecule has 28 heavy (non-hydrogen) atoms. The van der Waals surface area contributed by atoms with E-state index < -0.39 is 0 Å². The molecular formula is C21H18N6O. The van der Waals surface area contributed by atoms with E-state index in [1.165, 1.54) is 0 Å². The minimum Gasteiger partial charge on any atom is -0.507 e. The molecule has 0 aliphatic carbocycles. The van der Waals surface area contributed by atoms with E-state index >= 15 is 0 Å². The van der Waals surface area contributed by atoms with Crippen LogP contribution in [0.1, 0.15) is 11.1 Å². The number of fused-ring (bicyclic) bond motifs is 1. The Morgan fingerprint density at radius 3 is 2.11 bits per heavy atom. The van der Waals surface area contributed by atoms with Gasteiger partial charge in [-0.3, -0.25) is 10.8 Å². The number of aromatic amines is 1. The van der Waals surface area contributed by atoms with Gasteiger partial charge >= 0.3 is 0 Å². The van der Waals surface area contributed by atoms with Gasteiger partial charge in [0.15, 0.2) is 0 Å². The second-order valence-corrected chi connectivity index (χ2v) is 6.45. The summed E-state index contributed by atoms with van der Waals surface area (Å²) in [6.07, 6.45) is 0. The minimum atomic E-state index is -0.00385. The van der Waals surface area contributed by atoms with E-state index in [0.29, 0.717) is 22.5 Å². The largest absolute Gasteiger partial charge is 0.507 e. The summed E-state index contributed by atoms with van der Waals surface area (Å²) in [6.45, 7) is 0. The van der Waals surface area contributed by atoms with Crippen molar-refractivity contribution in [2.24, 2.45) is 11.5 Å². The van der Waals surface area contributed by atoms with Crippen LogP contribution in [-0.4, -0.2) is 26.7 Å². The van der Waals surface area contributed by atoms with E-state index in [1.54, 1.807) is 36.4 Å². The number of rotatable bonds is 4. The Morgan fingerprint density at radius 1 is 0.821 bits per heavy atom. The first-order valence-corrected chi connectivity index (χ1v) is 8.55. The number of hydrogen-bond acceptors (Lipinski definition) is 4. The molecule has 8 N–H and O–H groups in total. The normalized spacial score (nSPS) is 10.9. The summed E-state index contributed by atoms with van der Waals surface area (Å²) in [5.74, 6) is 0.738. The predicted molar refractivity (Wildman–Crippen MR) is 111 cm³/mol. The fraction of sp³-hybridized carbons (Fsp3) is 0. The summed E-state index contributed by atoms with van der Waals surface area (Å²) in [6, 6.07) is 17.8. The summed E-state index contributed by atoms with van der Waals surface area (Å²) < 4.78 is 0. The van der Waals surface area contributed by atoms with Crippen molar-refractivity contribution in [3.05, 3.63) is 71.8 Å². The van der Waals surface area contributed by atoms with Crippen LogP contribution < -0.4 is 11.5 Å². The van der Waals surface area contributed by atoms with E-state index in [4.69, 9.17) is 22.3 Å². The maximum atomic E-state index is 10.5. The van der Waals surface area contributed by atoms with Crippen LogP contribution in [0.3, 0.4) is 0 Å². The van der Waals surface area contributed by atoms with Crippen molar-refractivity contribution in [3.63, 3.8) is 0 Å². The average molecular weight is 370 g/mol. The van der Waals surface area contributed by atoms with Crippen LogP contribution in [-0.2, 0) is 0 Å². The molecule has 0 spiro atoms. The molecule has 0 amide bonds. The molecule has 0 atom stereocenters. The number of nitrogens with two attached hydrogens (primary N) is 2. The summed E-state index contributed by atoms with van der Waals surface area (Å²) in [5, 5.41) is 25.5. The molecule has 4 rings (SSSR count). The molecular weight excluding hydrogens is 352 g/mol. The molecule has 0 bridgehead atoms. The number of nitrogen functional groups attached to an aromatic ring is 2. The first kappa shape index (κ1) is 17.3. The summed E-state index contributed by atoms with van der Waals surface area (Å²) >= 11 is 0. The molecule has 3 aromatic carbocycles. The van der Waals surface area contributed by atoms with Gasteiger partial charge in [0.25, 0.3) is 0 Å². The lowest BCUT2D eigenvalue weighted by Crippen LogP contribution is -2.10. The van der Waals surface area contributed by atoms with Gasteiger partial charge in [0.05, 0.1) is 11.0 Å². The topological polar surface area (TPSA) is 149 Å². The Hall–Kier alpha value is -4.13. The zero-order chi connectivity index (χ0) is 19.8. The molecule has 138 valence electrons. The Kier molecular flexibility index (Phi) is 4.04. The van der Waals surface area contributed by atoms with Gasteiger partial charge in [0.2, 0.25) is 0 Å². The molecule has 7 heteroatoms. The molecule has 0 aliphatic heterocycles. The molecule has 0 radical (unpaired) electrons. The molecule has 1 aromatic heterocycles. The van der Waals surface area contributed by atoms with Crippen molar-refractivity contribution >= 4 is 22.7 Å². The Labute approximate surface area is 160 Å². The highest BCUT2D eigenvalue weighted by molar-refractivity contribution is 5.98. The molecule has 0 saturated carbocycles. The zero-order valence-electron chi connectivity index (χ0n) is 14.8. The van der Waals surface area contributed by atoms with Crippen molar-refractivity contribution in [1.82, 2.24) is 9.97 Å². The number of amidine groups is 2. The van der Waals surface area contributed by atoms with Crippen LogP contribution in [0.2, 0.25) is 0 Å². The van der Waals surface area contributed by atoms with Crippen LogP contribution in [0.4, 0.5) is 0 Å². The third kappa shape index (κ3) is 3.05. The van der Waals surface area contributed by atoms with E-state index in [-0.39, 0.29) is 17.4 Å². The Bertz CT molecular complexity index is 1220. The molecule has 7 nitrogen and oxygen atoms in total. The van der Waals surface area contributed by atoms with Gasteiger partial charge in [-0.05, 0) is 35.9 Å². The monoisotopic (exact) mass is 370 g/mol. The third-order valence-corrected chi connectivity index (χ3v) is 4.57. The molecule has 0 fully saturated rings. The maximum absolute atomic E-state index is 10.5. The van der Waals surface area contributed by atoms with Crippen molar-refractivity contribution in [1.29, 1.82) is 10.8 Å². The van der Waals surface area contributed by atoms with Gasteiger partial charge in [0.1, 0.15) is 23.2 Å². The van der Waals surface area contributed by atoms with Gasteiger partial charge in [-0.15, -0.1) is 0 Å². The van der Waals surface area contributed by atoms with Crippen molar-refractivity contribution < 1.29 is 5.11 Å². The Balaban J connectivity index is 1.70. The lowest BCUT2D eigenvalue weighted by molar-refractivity contribution is 0.477. The number of benzene rings is 3. The van der Waals surface area contributed by atoms with Gasteiger partial charge in [-0.1, -0.05) is 30.3 Å². The minimum absolute atomic E-state index is 0.00364. The highest BCUT2D eigenvalue weighted by atomic mass is 16.3. The van der Waals surface area contributed by atoms with Gasteiger partial charge < -0.3 is 21.6 Å². The van der Waals surface area contributed by atoms with Crippen molar-refractivity contribution in [3.8, 4) is 28.3 Å². The van der Waals surface area contributed by atoms with Crippen LogP contribution in [0.5, 0.6) is 5.75 Å². The number of hydrogen-bond donors (Lipinski definition) is 6. The van der Waals surface area contributed by atoms with Crippen LogP contribution in [0.15, 0.2) is 60.7 Å². The number of phenolic OH excluding ortho intramolecular Hbond substituents is 1. The number of aromatic nitrogens is 2. The molecule has 1 heterocycles. The number of phenols is 1. The maximum Gasteiger partial charge on any atom is 0.138 e. The van der Waals surface area contributed by atoms with E-state index in [0.717, 1.165) is 22.2 Å². The van der Waals surface area contributed by atoms with E-state index in [2.05, 4.69) is 9.97 Å². The highest BCUT2D eigenvalue weighted by Gasteiger charge is 2.11. The third-order valence-electron chi connectivity index (χ3n) is 4.57. The smallest absolute Gasteiger partial charge is 0.138 e. The fourth-order valence-corrected chi connectivity index (χ4v) is 3.07. The highest BCUT2D eigenvalue weighted by Crippen LogP contribution is 2.33. The quantitative estimate of drug-likeness (QED) is 0.242. The second kappa shape index (κ2) is 6.55. The summed E-state index contributed by atoms with van der Waals surface area (Å²) in [7, 11) is 0. The molecule has 0 saturated heterocycles. The van der Waals surface area contributed by atoms with E-state index in [9.17, 15) is 5.11 Å². The van der Waals surface area contributed by atoms with Gasteiger partial charge in [0, 0.05) is 22.3 Å². The van der Waals surface area contributed by atoms with Crippen LogP contribution in [0, 0.1) is 10.8 Å². The van der Waals surface area contributed by atoms with E-state index in [1.807, 2.05) is 24.3 Å². The summed E-state index contributed by atoms with van der Waals surface area (Å²) in [4.78, 5) is 7.74. The fourth-order valence-electron chi connectivity index (χ4n) is 3.07. The SMILES string of the molecule is N=C(N)c1ccc(-c2ccc(-c3nc4ccc(C(=N)N)cc4[nH]3)cc2O)cc1. The average Bonchev–Trinajstić information content (AvgIpc) is 3.11. The molecule has 0 unspecified atom stereocenters. The number of H-pyrrole nitrogens is 1. The van der Waals surface area contributed by atoms with Gasteiger partial charge in [-0.25, -0.2) is 4.98 Å². The number of imidazole rings is 1. The molecule has 4 aromatic rings.